The molecule has 0 saturated heterocycles. The van der Waals surface area contributed by atoms with E-state index in [-0.39, 0.29) is 0 Å². The molecule has 0 aliphatic heterocycles. The summed E-state index contributed by atoms with van der Waals surface area (Å²) in [6.07, 6.45) is 2.35. The Labute approximate surface area is 128 Å². The van der Waals surface area contributed by atoms with Gasteiger partial charge in [-0.05, 0) is 30.7 Å². The van der Waals surface area contributed by atoms with Gasteiger partial charge in [0.1, 0.15) is 4.99 Å². The molecule has 0 radical (unpaired) electrons. The maximum atomic E-state index is 10.3. The van der Waals surface area contributed by atoms with Crippen LogP contribution in [0.3, 0.4) is 0 Å². The van der Waals surface area contributed by atoms with Crippen LogP contribution in [-0.4, -0.2) is 9.91 Å². The number of nitrogens with one attached hydrogen (secondary N) is 1. The van der Waals surface area contributed by atoms with Gasteiger partial charge in [0.15, 0.2) is 0 Å². The molecule has 106 valence electrons. The van der Waals surface area contributed by atoms with E-state index in [1.165, 1.54) is 11.6 Å². The van der Waals surface area contributed by atoms with Gasteiger partial charge in [0.05, 0.1) is 4.92 Å². The predicted octanol–water partition coefficient (Wildman–Crippen LogP) is 4.03. The van der Waals surface area contributed by atoms with Gasteiger partial charge in [-0.2, -0.15) is 0 Å². The highest BCUT2D eigenvalue weighted by molar-refractivity contribution is 7.81. The Bertz CT molecular complexity index is 694. The van der Waals surface area contributed by atoms with Crippen molar-refractivity contribution in [1.82, 2.24) is 0 Å². The molecule has 4 nitrogen and oxygen atoms in total. The second kappa shape index (κ2) is 6.76. The van der Waals surface area contributed by atoms with Crippen LogP contribution in [0.15, 0.2) is 54.7 Å². The molecular formula is C16H14N2O2S. The number of aryl methyl sites for hydroxylation is 1. The van der Waals surface area contributed by atoms with E-state index in [9.17, 15) is 10.1 Å². The number of thiocarbonyl (C=S) groups is 1. The van der Waals surface area contributed by atoms with Crippen LogP contribution < -0.4 is 5.32 Å². The summed E-state index contributed by atoms with van der Waals surface area (Å²) in [4.78, 5) is 10.4. The van der Waals surface area contributed by atoms with Crippen molar-refractivity contribution in [2.45, 2.75) is 6.92 Å². The largest absolute Gasteiger partial charge is 0.346 e. The standard InChI is InChI=1S/C16H14N2O2S/c1-12-5-7-15(8-6-12)17-16(21)14-4-2-3-13(11-14)9-10-18(19)20/h2-11H,1H3,(H,17,21). The number of hydrogen-bond donors (Lipinski definition) is 1. The third kappa shape index (κ3) is 4.50. The number of rotatable bonds is 4. The highest BCUT2D eigenvalue weighted by atomic mass is 32.1. The van der Waals surface area contributed by atoms with E-state index in [2.05, 4.69) is 5.32 Å². The van der Waals surface area contributed by atoms with Gasteiger partial charge in [-0.3, -0.25) is 10.1 Å². The molecule has 5 heteroatoms. The third-order valence-electron chi connectivity index (χ3n) is 2.85. The van der Waals surface area contributed by atoms with Gasteiger partial charge in [0.25, 0.3) is 0 Å². The Hall–Kier alpha value is -2.53. The van der Waals surface area contributed by atoms with Crippen LogP contribution in [0.25, 0.3) is 6.08 Å². The smallest absolute Gasteiger partial charge is 0.235 e. The molecule has 21 heavy (non-hydrogen) atoms. The van der Waals surface area contributed by atoms with Crippen molar-refractivity contribution >= 4 is 29.0 Å². The van der Waals surface area contributed by atoms with E-state index < -0.39 is 4.92 Å². The van der Waals surface area contributed by atoms with Crippen molar-refractivity contribution in [2.75, 3.05) is 5.32 Å². The molecule has 0 spiro atoms. The normalized spacial score (nSPS) is 10.5. The monoisotopic (exact) mass is 298 g/mol. The minimum absolute atomic E-state index is 0.491. The van der Waals surface area contributed by atoms with Crippen molar-refractivity contribution in [2.24, 2.45) is 0 Å². The minimum Gasteiger partial charge on any atom is -0.346 e. The van der Waals surface area contributed by atoms with E-state index in [4.69, 9.17) is 12.2 Å². The lowest BCUT2D eigenvalue weighted by molar-refractivity contribution is -0.400. The number of nitro groups is 1. The highest BCUT2D eigenvalue weighted by Crippen LogP contribution is 2.13. The van der Waals surface area contributed by atoms with Crippen LogP contribution >= 0.6 is 12.2 Å². The fourth-order valence-electron chi connectivity index (χ4n) is 1.77. The zero-order valence-electron chi connectivity index (χ0n) is 11.4. The number of anilines is 1. The number of hydrogen-bond acceptors (Lipinski definition) is 3. The molecule has 0 aliphatic carbocycles. The number of nitrogens with zero attached hydrogens (tertiary/aromatic N) is 1. The SMILES string of the molecule is Cc1ccc(NC(=S)c2cccc(C=C[N+](=O)[O-])c2)cc1. The predicted molar refractivity (Wildman–Crippen MR) is 89.0 cm³/mol. The van der Waals surface area contributed by atoms with Crippen molar-refractivity contribution in [3.05, 3.63) is 81.5 Å². The van der Waals surface area contributed by atoms with E-state index in [1.807, 2.05) is 49.4 Å². The molecule has 2 aromatic rings. The lowest BCUT2D eigenvalue weighted by Crippen LogP contribution is -2.10. The Morgan fingerprint density at radius 3 is 2.62 bits per heavy atom. The first-order valence-electron chi connectivity index (χ1n) is 6.34. The first-order valence-corrected chi connectivity index (χ1v) is 6.75. The van der Waals surface area contributed by atoms with Gasteiger partial charge < -0.3 is 5.32 Å². The molecule has 0 amide bonds. The van der Waals surface area contributed by atoms with Crippen LogP contribution in [0, 0.1) is 17.0 Å². The maximum Gasteiger partial charge on any atom is 0.235 e. The Morgan fingerprint density at radius 2 is 1.95 bits per heavy atom. The van der Waals surface area contributed by atoms with Crippen molar-refractivity contribution in [3.63, 3.8) is 0 Å². The highest BCUT2D eigenvalue weighted by Gasteiger charge is 2.02. The fraction of sp³-hybridized carbons (Fsp3) is 0.0625. The van der Waals surface area contributed by atoms with Crippen molar-refractivity contribution in [1.29, 1.82) is 0 Å². The Kier molecular flexibility index (Phi) is 4.79. The first kappa shape index (κ1) is 14.9. The van der Waals surface area contributed by atoms with Gasteiger partial charge in [0.2, 0.25) is 6.20 Å². The second-order valence-corrected chi connectivity index (χ2v) is 4.95. The van der Waals surface area contributed by atoms with Crippen LogP contribution in [-0.2, 0) is 0 Å². The van der Waals surface area contributed by atoms with E-state index in [1.54, 1.807) is 6.07 Å². The topological polar surface area (TPSA) is 55.2 Å². The summed E-state index contributed by atoms with van der Waals surface area (Å²) < 4.78 is 0. The van der Waals surface area contributed by atoms with Gasteiger partial charge in [0, 0.05) is 17.3 Å². The van der Waals surface area contributed by atoms with Crippen LogP contribution in [0.1, 0.15) is 16.7 Å². The summed E-state index contributed by atoms with van der Waals surface area (Å²) in [6, 6.07) is 15.2. The summed E-state index contributed by atoms with van der Waals surface area (Å²) in [5, 5.41) is 13.5. The average molecular weight is 298 g/mol. The van der Waals surface area contributed by atoms with E-state index in [0.29, 0.717) is 4.99 Å². The van der Waals surface area contributed by atoms with Crippen LogP contribution in [0.4, 0.5) is 5.69 Å². The molecule has 0 fully saturated rings. The molecule has 0 aliphatic rings. The minimum atomic E-state index is -0.491. The van der Waals surface area contributed by atoms with Gasteiger partial charge >= 0.3 is 0 Å². The van der Waals surface area contributed by atoms with E-state index in [0.717, 1.165) is 23.0 Å². The molecule has 0 bridgehead atoms. The molecule has 2 rings (SSSR count). The molecule has 0 unspecified atom stereocenters. The molecule has 0 saturated carbocycles. The van der Waals surface area contributed by atoms with Crippen molar-refractivity contribution in [3.8, 4) is 0 Å². The quantitative estimate of drug-likeness (QED) is 0.526. The van der Waals surface area contributed by atoms with Crippen LogP contribution in [0.2, 0.25) is 0 Å². The summed E-state index contributed by atoms with van der Waals surface area (Å²) >= 11 is 5.36. The molecule has 1 N–H and O–H groups in total. The third-order valence-corrected chi connectivity index (χ3v) is 3.18. The molecule has 0 atom stereocenters. The summed E-state index contributed by atoms with van der Waals surface area (Å²) in [5.74, 6) is 0. The first-order chi connectivity index (χ1) is 10.0. The van der Waals surface area contributed by atoms with Gasteiger partial charge in [-0.1, -0.05) is 48.1 Å². The Balaban J connectivity index is 2.14. The van der Waals surface area contributed by atoms with Crippen molar-refractivity contribution < 1.29 is 4.92 Å². The average Bonchev–Trinajstić information content (AvgIpc) is 2.48. The zero-order valence-corrected chi connectivity index (χ0v) is 12.3. The second-order valence-electron chi connectivity index (χ2n) is 4.55. The molecule has 0 heterocycles. The zero-order chi connectivity index (χ0) is 15.2. The molecular weight excluding hydrogens is 284 g/mol. The van der Waals surface area contributed by atoms with Crippen LogP contribution in [0.5, 0.6) is 0 Å². The maximum absolute atomic E-state index is 10.3. The summed E-state index contributed by atoms with van der Waals surface area (Å²) in [6.45, 7) is 2.02. The lowest BCUT2D eigenvalue weighted by Gasteiger charge is -2.09. The molecule has 2 aromatic carbocycles. The van der Waals surface area contributed by atoms with Gasteiger partial charge in [-0.25, -0.2) is 0 Å². The fourth-order valence-corrected chi connectivity index (χ4v) is 2.02. The molecule has 0 aromatic heterocycles. The van der Waals surface area contributed by atoms with E-state index >= 15 is 0 Å². The lowest BCUT2D eigenvalue weighted by atomic mass is 10.1. The number of benzene rings is 2. The Morgan fingerprint density at radius 1 is 1.24 bits per heavy atom. The van der Waals surface area contributed by atoms with Gasteiger partial charge in [-0.15, -0.1) is 0 Å². The summed E-state index contributed by atoms with van der Waals surface area (Å²) in [5.41, 5.74) is 3.64. The summed E-state index contributed by atoms with van der Waals surface area (Å²) in [7, 11) is 0.